The van der Waals surface area contributed by atoms with Crippen LogP contribution in [0.3, 0.4) is 0 Å². The van der Waals surface area contributed by atoms with Crippen LogP contribution in [0.15, 0.2) is 35.3 Å². The van der Waals surface area contributed by atoms with Gasteiger partial charge < -0.3 is 16.2 Å². The van der Waals surface area contributed by atoms with E-state index < -0.39 is 0 Å². The van der Waals surface area contributed by atoms with E-state index in [-0.39, 0.29) is 29.9 Å². The van der Waals surface area contributed by atoms with Crippen molar-refractivity contribution >= 4 is 29.9 Å². The number of hydrogen-bond acceptors (Lipinski definition) is 2. The summed E-state index contributed by atoms with van der Waals surface area (Å²) in [5.41, 5.74) is 11.7. The Balaban J connectivity index is 0.00000256. The zero-order chi connectivity index (χ0) is 11.8. The summed E-state index contributed by atoms with van der Waals surface area (Å²) in [6, 6.07) is 10.1. The summed E-state index contributed by atoms with van der Waals surface area (Å²) in [5.74, 6) is 0.459. The fourth-order valence-electron chi connectivity index (χ4n) is 1.27. The van der Waals surface area contributed by atoms with E-state index in [1.165, 1.54) is 5.56 Å². The van der Waals surface area contributed by atoms with Crippen molar-refractivity contribution in [2.45, 2.75) is 13.5 Å². The molecule has 0 aliphatic carbocycles. The molecule has 96 valence electrons. The van der Waals surface area contributed by atoms with Gasteiger partial charge >= 0.3 is 0 Å². The average Bonchev–Trinajstić information content (AvgIpc) is 2.28. The number of nitrogens with two attached hydrogens (primary N) is 2. The van der Waals surface area contributed by atoms with Gasteiger partial charge in [0.2, 0.25) is 0 Å². The van der Waals surface area contributed by atoms with Gasteiger partial charge in [-0.25, -0.2) is 0 Å². The molecule has 0 radical (unpaired) electrons. The van der Waals surface area contributed by atoms with Crippen LogP contribution in [-0.4, -0.2) is 19.1 Å². The molecule has 1 aromatic rings. The van der Waals surface area contributed by atoms with Crippen molar-refractivity contribution in [3.8, 4) is 0 Å². The lowest BCUT2D eigenvalue weighted by Crippen LogP contribution is -2.24. The maximum absolute atomic E-state index is 5.56. The van der Waals surface area contributed by atoms with Gasteiger partial charge in [0, 0.05) is 6.54 Å². The third kappa shape index (κ3) is 7.98. The van der Waals surface area contributed by atoms with E-state index in [0.29, 0.717) is 25.7 Å². The van der Waals surface area contributed by atoms with Gasteiger partial charge in [0.15, 0.2) is 5.96 Å². The Hall–Kier alpha value is -0.820. The Bertz CT molecular complexity index is 326. The molecule has 0 bridgehead atoms. The van der Waals surface area contributed by atoms with Gasteiger partial charge in [-0.05, 0) is 11.5 Å². The number of benzene rings is 1. The Morgan fingerprint density at radius 3 is 2.53 bits per heavy atom. The maximum atomic E-state index is 5.56. The molecule has 4 nitrogen and oxygen atoms in total. The summed E-state index contributed by atoms with van der Waals surface area (Å²) < 4.78 is 5.56. The van der Waals surface area contributed by atoms with Crippen LogP contribution in [0.5, 0.6) is 0 Å². The molecule has 17 heavy (non-hydrogen) atoms. The molecule has 1 rings (SSSR count). The largest absolute Gasteiger partial charge is 0.376 e. The molecule has 0 aliphatic heterocycles. The smallest absolute Gasteiger partial charge is 0.185 e. The normalized spacial score (nSPS) is 11.4. The van der Waals surface area contributed by atoms with Gasteiger partial charge in [0.1, 0.15) is 0 Å². The highest BCUT2D eigenvalue weighted by molar-refractivity contribution is 14.0. The predicted octanol–water partition coefficient (Wildman–Crippen LogP) is 1.73. The number of hydrogen-bond donors (Lipinski definition) is 2. The van der Waals surface area contributed by atoms with Gasteiger partial charge in [-0.3, -0.25) is 4.99 Å². The van der Waals surface area contributed by atoms with Crippen molar-refractivity contribution in [2.75, 3.05) is 13.2 Å². The highest BCUT2D eigenvalue weighted by Gasteiger charge is 2.01. The number of nitrogens with zero attached hydrogens (tertiary/aromatic N) is 1. The maximum Gasteiger partial charge on any atom is 0.185 e. The molecule has 0 saturated carbocycles. The highest BCUT2D eigenvalue weighted by Crippen LogP contribution is 2.03. The highest BCUT2D eigenvalue weighted by atomic mass is 127. The van der Waals surface area contributed by atoms with Gasteiger partial charge in [0.05, 0.1) is 13.2 Å². The number of aliphatic imine (C=N–C) groups is 1. The lowest BCUT2D eigenvalue weighted by Gasteiger charge is -2.09. The predicted molar refractivity (Wildman–Crippen MR) is 81.4 cm³/mol. The minimum Gasteiger partial charge on any atom is -0.376 e. The monoisotopic (exact) mass is 349 g/mol. The lowest BCUT2D eigenvalue weighted by molar-refractivity contribution is 0.0945. The zero-order valence-corrected chi connectivity index (χ0v) is 12.3. The minimum atomic E-state index is 0. The van der Waals surface area contributed by atoms with Crippen LogP contribution in [0.2, 0.25) is 0 Å². The molecule has 0 fully saturated rings. The second kappa shape index (κ2) is 9.23. The van der Waals surface area contributed by atoms with E-state index >= 15 is 0 Å². The van der Waals surface area contributed by atoms with Crippen molar-refractivity contribution in [3.63, 3.8) is 0 Å². The first-order chi connectivity index (χ1) is 7.68. The van der Waals surface area contributed by atoms with Gasteiger partial charge in [-0.1, -0.05) is 37.3 Å². The quantitative estimate of drug-likeness (QED) is 0.467. The van der Waals surface area contributed by atoms with E-state index in [2.05, 4.69) is 11.9 Å². The second-order valence-corrected chi connectivity index (χ2v) is 3.87. The van der Waals surface area contributed by atoms with Gasteiger partial charge in [-0.15, -0.1) is 24.0 Å². The summed E-state index contributed by atoms with van der Waals surface area (Å²) >= 11 is 0. The first-order valence-electron chi connectivity index (χ1n) is 5.35. The summed E-state index contributed by atoms with van der Waals surface area (Å²) in [4.78, 5) is 3.94. The fraction of sp³-hybridized carbons (Fsp3) is 0.417. The second-order valence-electron chi connectivity index (χ2n) is 3.87. The van der Waals surface area contributed by atoms with Crippen LogP contribution in [-0.2, 0) is 11.3 Å². The Morgan fingerprint density at radius 1 is 1.29 bits per heavy atom. The van der Waals surface area contributed by atoms with E-state index in [4.69, 9.17) is 16.2 Å². The Kier molecular flexibility index (Phi) is 8.79. The standard InChI is InChI=1S/C12H19N3O.HI/c1-10(7-15-12(13)14)8-16-9-11-5-3-2-4-6-11;/h2-6,10H,7-9H2,1H3,(H4,13,14,15);1H. The van der Waals surface area contributed by atoms with Crippen molar-refractivity contribution in [2.24, 2.45) is 22.4 Å². The number of guanidine groups is 1. The summed E-state index contributed by atoms with van der Waals surface area (Å²) in [7, 11) is 0. The molecule has 1 unspecified atom stereocenters. The summed E-state index contributed by atoms with van der Waals surface area (Å²) in [6.07, 6.45) is 0. The molecule has 4 N–H and O–H groups in total. The molecule has 0 spiro atoms. The summed E-state index contributed by atoms with van der Waals surface area (Å²) in [5, 5.41) is 0. The minimum absolute atomic E-state index is 0. The number of ether oxygens (including phenoxy) is 1. The molecule has 0 aliphatic rings. The molecular weight excluding hydrogens is 329 g/mol. The number of halogens is 1. The van der Waals surface area contributed by atoms with Gasteiger partial charge in [0.25, 0.3) is 0 Å². The third-order valence-corrected chi connectivity index (χ3v) is 2.10. The third-order valence-electron chi connectivity index (χ3n) is 2.10. The molecule has 0 heterocycles. The molecule has 5 heteroatoms. The Morgan fingerprint density at radius 2 is 1.94 bits per heavy atom. The van der Waals surface area contributed by atoms with Crippen LogP contribution in [0, 0.1) is 5.92 Å². The van der Waals surface area contributed by atoms with Crippen LogP contribution in [0.1, 0.15) is 12.5 Å². The van der Waals surface area contributed by atoms with Crippen LogP contribution >= 0.6 is 24.0 Å². The number of rotatable bonds is 6. The molecular formula is C12H20IN3O. The first kappa shape index (κ1) is 16.2. The average molecular weight is 349 g/mol. The van der Waals surface area contributed by atoms with Crippen LogP contribution in [0.4, 0.5) is 0 Å². The zero-order valence-electron chi connectivity index (χ0n) is 10.0. The molecule has 0 aromatic heterocycles. The van der Waals surface area contributed by atoms with Crippen molar-refractivity contribution in [1.82, 2.24) is 0 Å². The van der Waals surface area contributed by atoms with Crippen LogP contribution < -0.4 is 11.5 Å². The fourth-order valence-corrected chi connectivity index (χ4v) is 1.27. The van der Waals surface area contributed by atoms with E-state index in [9.17, 15) is 0 Å². The first-order valence-corrected chi connectivity index (χ1v) is 5.35. The SMILES string of the molecule is CC(CN=C(N)N)COCc1ccccc1.I. The van der Waals surface area contributed by atoms with Crippen LogP contribution in [0.25, 0.3) is 0 Å². The Labute approximate surface area is 119 Å². The van der Waals surface area contributed by atoms with Crippen molar-refractivity contribution in [3.05, 3.63) is 35.9 Å². The van der Waals surface area contributed by atoms with E-state index in [0.717, 1.165) is 0 Å². The van der Waals surface area contributed by atoms with E-state index in [1.807, 2.05) is 30.3 Å². The van der Waals surface area contributed by atoms with Crippen molar-refractivity contribution in [1.29, 1.82) is 0 Å². The van der Waals surface area contributed by atoms with Crippen molar-refractivity contribution < 1.29 is 4.74 Å². The molecule has 0 saturated heterocycles. The topological polar surface area (TPSA) is 73.6 Å². The summed E-state index contributed by atoms with van der Waals surface area (Å²) in [6.45, 7) is 3.95. The van der Waals surface area contributed by atoms with E-state index in [1.54, 1.807) is 0 Å². The van der Waals surface area contributed by atoms with Gasteiger partial charge in [-0.2, -0.15) is 0 Å². The lowest BCUT2D eigenvalue weighted by atomic mass is 10.2. The molecule has 1 aromatic carbocycles. The molecule has 1 atom stereocenters. The molecule has 0 amide bonds.